The molecule has 130 valence electrons. The zero-order chi connectivity index (χ0) is 18.4. The molecule has 0 atom stereocenters. The van der Waals surface area contributed by atoms with E-state index in [1.165, 1.54) is 0 Å². The van der Waals surface area contributed by atoms with Crippen LogP contribution in [0.3, 0.4) is 0 Å². The Morgan fingerprint density at radius 3 is 2.04 bits per heavy atom. The summed E-state index contributed by atoms with van der Waals surface area (Å²) < 4.78 is 0. The van der Waals surface area contributed by atoms with Gasteiger partial charge in [0.15, 0.2) is 0 Å². The van der Waals surface area contributed by atoms with Gasteiger partial charge in [-0.15, -0.1) is 0 Å². The summed E-state index contributed by atoms with van der Waals surface area (Å²) in [5.74, 6) is -1.33. The Hall–Kier alpha value is -2.75. The first-order valence-electron chi connectivity index (χ1n) is 8.54. The van der Waals surface area contributed by atoms with Crippen LogP contribution in [0.25, 0.3) is 0 Å². The van der Waals surface area contributed by atoms with E-state index in [-0.39, 0.29) is 23.5 Å². The van der Waals surface area contributed by atoms with E-state index in [4.69, 9.17) is 0 Å². The minimum Gasteiger partial charge on any atom is -0.309 e. The van der Waals surface area contributed by atoms with Crippen LogP contribution < -0.4 is 4.90 Å². The van der Waals surface area contributed by atoms with E-state index in [1.807, 2.05) is 45.0 Å². The number of ketones is 2. The number of carbonyl (C=O) groups is 3. The van der Waals surface area contributed by atoms with Crippen LogP contribution in [-0.4, -0.2) is 24.0 Å². The number of carbonyl (C=O) groups excluding carboxylic acids is 3. The van der Waals surface area contributed by atoms with Crippen LogP contribution in [0.1, 0.15) is 53.0 Å². The highest BCUT2D eigenvalue weighted by Gasteiger charge is 2.24. The van der Waals surface area contributed by atoms with Gasteiger partial charge in [0.1, 0.15) is 0 Å². The number of rotatable bonds is 7. The van der Waals surface area contributed by atoms with Crippen LogP contribution >= 0.6 is 0 Å². The lowest BCUT2D eigenvalue weighted by atomic mass is 9.98. The quantitative estimate of drug-likeness (QED) is 0.562. The van der Waals surface area contributed by atoms with Crippen molar-refractivity contribution in [1.82, 2.24) is 0 Å². The second-order valence-electron chi connectivity index (χ2n) is 5.93. The van der Waals surface area contributed by atoms with Crippen molar-refractivity contribution in [1.29, 1.82) is 0 Å². The van der Waals surface area contributed by atoms with Crippen molar-refractivity contribution in [3.05, 3.63) is 65.2 Å². The molecular weight excluding hydrogens is 314 g/mol. The number of nitrogens with zero attached hydrogens (tertiary/aromatic N) is 1. The van der Waals surface area contributed by atoms with Crippen LogP contribution in [0.4, 0.5) is 5.69 Å². The fourth-order valence-corrected chi connectivity index (χ4v) is 2.67. The molecule has 2 rings (SSSR count). The van der Waals surface area contributed by atoms with E-state index >= 15 is 0 Å². The summed E-state index contributed by atoms with van der Waals surface area (Å²) in [5.41, 5.74) is 2.31. The third-order valence-corrected chi connectivity index (χ3v) is 4.04. The molecule has 0 bridgehead atoms. The maximum atomic E-state index is 13.0. The van der Waals surface area contributed by atoms with Crippen LogP contribution in [0.15, 0.2) is 48.5 Å². The average Bonchev–Trinajstić information content (AvgIpc) is 2.63. The first kappa shape index (κ1) is 18.6. The Morgan fingerprint density at radius 2 is 1.48 bits per heavy atom. The standard InChI is InChI=1S/C21H23NO3/c1-4-8-19(23)20(24)17-9-6-7-10-18(17)21(25)22(5-2)16-13-11-15(3)12-14-16/h6-7,9-14H,4-5,8H2,1-3H3. The molecule has 4 heteroatoms. The second kappa shape index (κ2) is 8.38. The van der Waals surface area contributed by atoms with E-state index in [0.717, 1.165) is 11.3 Å². The zero-order valence-electron chi connectivity index (χ0n) is 14.9. The minimum absolute atomic E-state index is 0.177. The van der Waals surface area contributed by atoms with E-state index in [0.29, 0.717) is 13.0 Å². The Labute approximate surface area is 148 Å². The number of anilines is 1. The molecule has 1 amide bonds. The Balaban J connectivity index is 2.40. The average molecular weight is 337 g/mol. The van der Waals surface area contributed by atoms with Gasteiger partial charge in [-0.3, -0.25) is 14.4 Å². The molecule has 2 aromatic rings. The van der Waals surface area contributed by atoms with Crippen LogP contribution in [0, 0.1) is 6.92 Å². The molecule has 0 saturated carbocycles. The van der Waals surface area contributed by atoms with Gasteiger partial charge in [0, 0.05) is 24.2 Å². The highest BCUT2D eigenvalue weighted by atomic mass is 16.2. The van der Waals surface area contributed by atoms with Gasteiger partial charge in [0.2, 0.25) is 11.6 Å². The van der Waals surface area contributed by atoms with Crippen LogP contribution in [0.2, 0.25) is 0 Å². The molecule has 0 spiro atoms. The molecule has 0 radical (unpaired) electrons. The van der Waals surface area contributed by atoms with Gasteiger partial charge in [-0.2, -0.15) is 0 Å². The van der Waals surface area contributed by atoms with Crippen LogP contribution in [0.5, 0.6) is 0 Å². The second-order valence-corrected chi connectivity index (χ2v) is 5.93. The van der Waals surface area contributed by atoms with Gasteiger partial charge in [0.25, 0.3) is 5.91 Å². The molecule has 0 unspecified atom stereocenters. The van der Waals surface area contributed by atoms with Gasteiger partial charge in [-0.1, -0.05) is 42.8 Å². The molecule has 0 N–H and O–H groups in total. The fourth-order valence-electron chi connectivity index (χ4n) is 2.67. The number of amides is 1. The Kier molecular flexibility index (Phi) is 6.23. The van der Waals surface area contributed by atoms with Crippen molar-refractivity contribution in [2.24, 2.45) is 0 Å². The number of hydrogen-bond donors (Lipinski definition) is 0. The van der Waals surface area contributed by atoms with Crippen molar-refractivity contribution in [3.8, 4) is 0 Å². The predicted octanol–water partition coefficient (Wildman–Crippen LogP) is 4.21. The lowest BCUT2D eigenvalue weighted by Crippen LogP contribution is -2.32. The Morgan fingerprint density at radius 1 is 0.880 bits per heavy atom. The molecular formula is C21H23NO3. The molecule has 4 nitrogen and oxygen atoms in total. The number of aryl methyl sites for hydroxylation is 1. The highest BCUT2D eigenvalue weighted by molar-refractivity contribution is 6.45. The van der Waals surface area contributed by atoms with Gasteiger partial charge in [-0.25, -0.2) is 0 Å². The molecule has 2 aromatic carbocycles. The summed E-state index contributed by atoms with van der Waals surface area (Å²) in [7, 11) is 0. The van der Waals surface area contributed by atoms with Gasteiger partial charge < -0.3 is 4.90 Å². The summed E-state index contributed by atoms with van der Waals surface area (Å²) in [6.07, 6.45) is 0.794. The smallest absolute Gasteiger partial charge is 0.259 e. The maximum absolute atomic E-state index is 13.0. The first-order valence-corrected chi connectivity index (χ1v) is 8.54. The molecule has 0 aromatic heterocycles. The molecule has 0 saturated heterocycles. The first-order chi connectivity index (χ1) is 12.0. The van der Waals surface area contributed by atoms with Gasteiger partial charge in [-0.05, 0) is 38.5 Å². The third kappa shape index (κ3) is 4.21. The molecule has 0 heterocycles. The topological polar surface area (TPSA) is 54.5 Å². The maximum Gasteiger partial charge on any atom is 0.259 e. The predicted molar refractivity (Wildman–Crippen MR) is 99.2 cm³/mol. The molecule has 0 aliphatic heterocycles. The SMILES string of the molecule is CCCC(=O)C(=O)c1ccccc1C(=O)N(CC)c1ccc(C)cc1. The monoisotopic (exact) mass is 337 g/mol. The largest absolute Gasteiger partial charge is 0.309 e. The van der Waals surface area contributed by atoms with Crippen molar-refractivity contribution in [2.45, 2.75) is 33.6 Å². The fraction of sp³-hybridized carbons (Fsp3) is 0.286. The van der Waals surface area contributed by atoms with E-state index < -0.39 is 11.6 Å². The normalized spacial score (nSPS) is 10.4. The van der Waals surface area contributed by atoms with E-state index in [1.54, 1.807) is 29.2 Å². The third-order valence-electron chi connectivity index (χ3n) is 4.04. The van der Waals surface area contributed by atoms with E-state index in [2.05, 4.69) is 0 Å². The zero-order valence-corrected chi connectivity index (χ0v) is 14.9. The van der Waals surface area contributed by atoms with Crippen LogP contribution in [-0.2, 0) is 4.79 Å². The lowest BCUT2D eigenvalue weighted by Gasteiger charge is -2.22. The Bertz CT molecular complexity index is 778. The highest BCUT2D eigenvalue weighted by Crippen LogP contribution is 2.20. The molecule has 0 fully saturated rings. The molecule has 0 aliphatic carbocycles. The van der Waals surface area contributed by atoms with E-state index in [9.17, 15) is 14.4 Å². The van der Waals surface area contributed by atoms with Crippen molar-refractivity contribution in [3.63, 3.8) is 0 Å². The summed E-state index contributed by atoms with van der Waals surface area (Å²) in [6.45, 7) is 6.17. The van der Waals surface area contributed by atoms with Gasteiger partial charge >= 0.3 is 0 Å². The molecule has 0 aliphatic rings. The van der Waals surface area contributed by atoms with Gasteiger partial charge in [0.05, 0.1) is 5.56 Å². The van der Waals surface area contributed by atoms with Crippen molar-refractivity contribution >= 4 is 23.2 Å². The summed E-state index contributed by atoms with van der Waals surface area (Å²) in [6, 6.07) is 14.2. The summed E-state index contributed by atoms with van der Waals surface area (Å²) >= 11 is 0. The summed E-state index contributed by atoms with van der Waals surface area (Å²) in [4.78, 5) is 39.1. The lowest BCUT2D eigenvalue weighted by molar-refractivity contribution is -0.115. The summed E-state index contributed by atoms with van der Waals surface area (Å²) in [5, 5.41) is 0. The van der Waals surface area contributed by atoms with Crippen molar-refractivity contribution in [2.75, 3.05) is 11.4 Å². The number of hydrogen-bond acceptors (Lipinski definition) is 3. The minimum atomic E-state index is -0.592. The van der Waals surface area contributed by atoms with Crippen molar-refractivity contribution < 1.29 is 14.4 Å². The number of Topliss-reactive ketones (excluding diaryl/α,β-unsaturated/α-hetero) is 2. The number of benzene rings is 2. The molecule has 25 heavy (non-hydrogen) atoms.